The number of benzene rings is 1. The SMILES string of the molecule is CC(=O)Nc1ccc(S(=O)(=O)Nc2nc(-c3cnccc3C)cc3ccncc23)cc1. The standard InChI is InChI=1S/C22H19N5O3S/c1-14-7-9-23-12-19(14)21-11-16-8-10-24-13-20(16)22(26-21)27-31(29,30)18-5-3-17(4-6-18)25-15(2)28/h3-13H,1-2H3,(H,25,28)(H,26,27). The molecule has 1 amide bonds. The highest BCUT2D eigenvalue weighted by Gasteiger charge is 2.18. The van der Waals surface area contributed by atoms with Gasteiger partial charge in [-0.2, -0.15) is 0 Å². The molecule has 0 radical (unpaired) electrons. The number of aromatic nitrogens is 3. The van der Waals surface area contributed by atoms with E-state index < -0.39 is 10.0 Å². The maximum absolute atomic E-state index is 13.0. The van der Waals surface area contributed by atoms with Gasteiger partial charge in [0, 0.05) is 48.3 Å². The summed E-state index contributed by atoms with van der Waals surface area (Å²) in [6, 6.07) is 11.4. The number of nitrogens with one attached hydrogen (secondary N) is 2. The molecule has 0 spiro atoms. The minimum Gasteiger partial charge on any atom is -0.326 e. The summed E-state index contributed by atoms with van der Waals surface area (Å²) < 4.78 is 28.6. The van der Waals surface area contributed by atoms with E-state index >= 15 is 0 Å². The van der Waals surface area contributed by atoms with Crippen LogP contribution in [0.2, 0.25) is 0 Å². The van der Waals surface area contributed by atoms with Crippen LogP contribution in [-0.2, 0) is 14.8 Å². The molecule has 0 saturated heterocycles. The molecule has 0 aliphatic heterocycles. The lowest BCUT2D eigenvalue weighted by Crippen LogP contribution is -2.15. The van der Waals surface area contributed by atoms with Crippen molar-refractivity contribution in [3.63, 3.8) is 0 Å². The number of hydrogen-bond acceptors (Lipinski definition) is 6. The summed E-state index contributed by atoms with van der Waals surface area (Å²) in [6.07, 6.45) is 6.60. The first-order valence-electron chi connectivity index (χ1n) is 9.40. The third-order valence-corrected chi connectivity index (χ3v) is 6.02. The largest absolute Gasteiger partial charge is 0.326 e. The van der Waals surface area contributed by atoms with Gasteiger partial charge in [-0.15, -0.1) is 0 Å². The highest BCUT2D eigenvalue weighted by Crippen LogP contribution is 2.30. The quantitative estimate of drug-likeness (QED) is 0.495. The predicted molar refractivity (Wildman–Crippen MR) is 119 cm³/mol. The number of carbonyl (C=O) groups excluding carboxylic acids is 1. The van der Waals surface area contributed by atoms with Gasteiger partial charge in [0.2, 0.25) is 5.91 Å². The van der Waals surface area contributed by atoms with Gasteiger partial charge in [0.25, 0.3) is 10.0 Å². The van der Waals surface area contributed by atoms with Crippen LogP contribution in [0.1, 0.15) is 12.5 Å². The summed E-state index contributed by atoms with van der Waals surface area (Å²) in [7, 11) is -3.93. The molecule has 0 saturated carbocycles. The molecule has 8 nitrogen and oxygen atoms in total. The van der Waals surface area contributed by atoms with Crippen molar-refractivity contribution in [3.05, 3.63) is 72.8 Å². The molecule has 0 atom stereocenters. The smallest absolute Gasteiger partial charge is 0.263 e. The third-order valence-electron chi connectivity index (χ3n) is 4.67. The predicted octanol–water partition coefficient (Wildman–Crippen LogP) is 3.76. The van der Waals surface area contributed by atoms with Gasteiger partial charge in [0.05, 0.1) is 10.6 Å². The van der Waals surface area contributed by atoms with Gasteiger partial charge >= 0.3 is 0 Å². The molecule has 4 aromatic rings. The zero-order valence-corrected chi connectivity index (χ0v) is 17.6. The van der Waals surface area contributed by atoms with Gasteiger partial charge in [-0.05, 0) is 60.3 Å². The number of rotatable bonds is 5. The molecule has 9 heteroatoms. The number of sulfonamides is 1. The second-order valence-electron chi connectivity index (χ2n) is 6.95. The molecule has 31 heavy (non-hydrogen) atoms. The maximum atomic E-state index is 13.0. The van der Waals surface area contributed by atoms with E-state index in [-0.39, 0.29) is 16.6 Å². The van der Waals surface area contributed by atoms with Gasteiger partial charge in [-0.3, -0.25) is 19.5 Å². The first-order valence-corrected chi connectivity index (χ1v) is 10.9. The molecule has 0 unspecified atom stereocenters. The van der Waals surface area contributed by atoms with Crippen LogP contribution in [0.4, 0.5) is 11.5 Å². The van der Waals surface area contributed by atoms with Crippen molar-refractivity contribution < 1.29 is 13.2 Å². The van der Waals surface area contributed by atoms with E-state index in [4.69, 9.17) is 0 Å². The molecule has 4 rings (SSSR count). The first kappa shape index (κ1) is 20.4. The van der Waals surface area contributed by atoms with Crippen molar-refractivity contribution in [1.29, 1.82) is 0 Å². The van der Waals surface area contributed by atoms with Gasteiger partial charge in [-0.25, -0.2) is 13.4 Å². The van der Waals surface area contributed by atoms with E-state index in [1.54, 1.807) is 30.9 Å². The number of nitrogens with zero attached hydrogens (tertiary/aromatic N) is 3. The highest BCUT2D eigenvalue weighted by molar-refractivity contribution is 7.92. The lowest BCUT2D eigenvalue weighted by molar-refractivity contribution is -0.114. The Morgan fingerprint density at radius 1 is 0.968 bits per heavy atom. The monoisotopic (exact) mass is 433 g/mol. The van der Waals surface area contributed by atoms with Crippen molar-refractivity contribution in [1.82, 2.24) is 15.0 Å². The molecule has 3 aromatic heterocycles. The second kappa shape index (κ2) is 8.11. The third kappa shape index (κ3) is 4.36. The van der Waals surface area contributed by atoms with E-state index in [2.05, 4.69) is 25.0 Å². The molecular formula is C22H19N5O3S. The molecule has 2 N–H and O–H groups in total. The van der Waals surface area contributed by atoms with Crippen LogP contribution in [-0.4, -0.2) is 29.3 Å². The zero-order valence-electron chi connectivity index (χ0n) is 16.8. The Morgan fingerprint density at radius 3 is 2.39 bits per heavy atom. The van der Waals surface area contributed by atoms with Crippen LogP contribution in [0.5, 0.6) is 0 Å². The van der Waals surface area contributed by atoms with Crippen LogP contribution >= 0.6 is 0 Å². The van der Waals surface area contributed by atoms with Crippen LogP contribution in [0.15, 0.2) is 72.1 Å². The van der Waals surface area contributed by atoms with Crippen LogP contribution in [0, 0.1) is 6.92 Å². The summed E-state index contributed by atoms with van der Waals surface area (Å²) >= 11 is 0. The van der Waals surface area contributed by atoms with Crippen molar-refractivity contribution in [3.8, 4) is 11.3 Å². The lowest BCUT2D eigenvalue weighted by Gasteiger charge is -2.13. The van der Waals surface area contributed by atoms with E-state index in [0.29, 0.717) is 16.8 Å². The van der Waals surface area contributed by atoms with E-state index in [0.717, 1.165) is 16.5 Å². The Bertz CT molecular complexity index is 1390. The Morgan fingerprint density at radius 2 is 1.68 bits per heavy atom. The molecule has 3 heterocycles. The molecule has 0 fully saturated rings. The fraction of sp³-hybridized carbons (Fsp3) is 0.0909. The molecule has 0 aliphatic rings. The summed E-state index contributed by atoms with van der Waals surface area (Å²) in [6.45, 7) is 3.32. The topological polar surface area (TPSA) is 114 Å². The minimum atomic E-state index is -3.93. The number of amides is 1. The number of carbonyl (C=O) groups is 1. The van der Waals surface area contributed by atoms with E-state index in [1.807, 2.05) is 19.1 Å². The molecule has 0 bridgehead atoms. The fourth-order valence-corrected chi connectivity index (χ4v) is 4.17. The number of anilines is 2. The molecule has 1 aromatic carbocycles. The fourth-order valence-electron chi connectivity index (χ4n) is 3.14. The van der Waals surface area contributed by atoms with Crippen molar-refractivity contribution in [2.24, 2.45) is 0 Å². The maximum Gasteiger partial charge on any atom is 0.263 e. The summed E-state index contributed by atoms with van der Waals surface area (Å²) in [5.41, 5.74) is 2.89. The van der Waals surface area contributed by atoms with Crippen LogP contribution < -0.4 is 10.0 Å². The lowest BCUT2D eigenvalue weighted by atomic mass is 10.1. The Hall–Kier alpha value is -3.85. The Balaban J connectivity index is 1.76. The van der Waals surface area contributed by atoms with Gasteiger partial charge < -0.3 is 5.32 Å². The van der Waals surface area contributed by atoms with Crippen molar-refractivity contribution in [2.75, 3.05) is 10.0 Å². The number of pyridine rings is 3. The van der Waals surface area contributed by atoms with Gasteiger partial charge in [-0.1, -0.05) is 0 Å². The average molecular weight is 433 g/mol. The average Bonchev–Trinajstić information content (AvgIpc) is 2.74. The van der Waals surface area contributed by atoms with E-state index in [1.165, 1.54) is 31.2 Å². The molecule has 0 aliphatic carbocycles. The summed E-state index contributed by atoms with van der Waals surface area (Å²) in [5.74, 6) is -0.0609. The van der Waals surface area contributed by atoms with E-state index in [9.17, 15) is 13.2 Å². The minimum absolute atomic E-state index is 0.0448. The van der Waals surface area contributed by atoms with Gasteiger partial charge in [0.15, 0.2) is 0 Å². The van der Waals surface area contributed by atoms with Crippen LogP contribution in [0.25, 0.3) is 22.0 Å². The Kier molecular flexibility index (Phi) is 5.35. The first-order chi connectivity index (χ1) is 14.8. The second-order valence-corrected chi connectivity index (χ2v) is 8.64. The van der Waals surface area contributed by atoms with Crippen LogP contribution in [0.3, 0.4) is 0 Å². The zero-order chi connectivity index (χ0) is 22.0. The Labute approximate surface area is 179 Å². The molecule has 156 valence electrons. The summed E-state index contributed by atoms with van der Waals surface area (Å²) in [4.78, 5) is 24.1. The van der Waals surface area contributed by atoms with Crippen molar-refractivity contribution >= 4 is 38.2 Å². The number of hydrogen-bond donors (Lipinski definition) is 2. The summed E-state index contributed by atoms with van der Waals surface area (Å²) in [5, 5.41) is 3.98. The van der Waals surface area contributed by atoms with Crippen molar-refractivity contribution in [2.45, 2.75) is 18.7 Å². The number of aryl methyl sites for hydroxylation is 1. The highest BCUT2D eigenvalue weighted by atomic mass is 32.2. The normalized spacial score (nSPS) is 11.3. The van der Waals surface area contributed by atoms with Gasteiger partial charge in [0.1, 0.15) is 5.82 Å². The number of fused-ring (bicyclic) bond motifs is 1. The molecular weight excluding hydrogens is 414 g/mol.